The van der Waals surface area contributed by atoms with Crippen LogP contribution in [0.3, 0.4) is 0 Å². The summed E-state index contributed by atoms with van der Waals surface area (Å²) in [5.74, 6) is 0.667. The highest BCUT2D eigenvalue weighted by Crippen LogP contribution is 2.35. The third-order valence-corrected chi connectivity index (χ3v) is 3.04. The number of β-amino-alcohol motifs (C(OH)–C–C–N with tert-alkyl or cyclic N) is 1. The molecule has 0 amide bonds. The molecule has 2 heterocycles. The highest BCUT2D eigenvalue weighted by molar-refractivity contribution is 5.32. The fourth-order valence-corrected chi connectivity index (χ4v) is 2.21. The third-order valence-electron chi connectivity index (χ3n) is 3.04. The Balaban J connectivity index is 2.47. The van der Waals surface area contributed by atoms with Gasteiger partial charge in [-0.3, -0.25) is 4.68 Å². The number of ether oxygens (including phenoxy) is 1. The van der Waals surface area contributed by atoms with E-state index < -0.39 is 5.60 Å². The van der Waals surface area contributed by atoms with Crippen molar-refractivity contribution in [1.29, 1.82) is 0 Å². The van der Waals surface area contributed by atoms with Gasteiger partial charge in [-0.25, -0.2) is 0 Å². The zero-order chi connectivity index (χ0) is 11.8. The maximum absolute atomic E-state index is 10.6. The van der Waals surface area contributed by atoms with Crippen molar-refractivity contribution in [3.63, 3.8) is 0 Å². The van der Waals surface area contributed by atoms with E-state index in [0.717, 1.165) is 12.2 Å². The first-order valence-corrected chi connectivity index (χ1v) is 5.63. The van der Waals surface area contributed by atoms with Gasteiger partial charge in [0.2, 0.25) is 0 Å². The second kappa shape index (κ2) is 4.07. The molecule has 90 valence electrons. The molecule has 0 radical (unpaired) electrons. The molecule has 1 aromatic heterocycles. The topological polar surface area (TPSA) is 59.3 Å². The lowest BCUT2D eigenvalue weighted by atomic mass is 9.98. The highest BCUT2D eigenvalue weighted by Gasteiger charge is 2.39. The lowest BCUT2D eigenvalue weighted by Gasteiger charge is -2.25. The van der Waals surface area contributed by atoms with E-state index in [1.165, 1.54) is 0 Å². The highest BCUT2D eigenvalue weighted by atomic mass is 16.5. The van der Waals surface area contributed by atoms with Gasteiger partial charge in [0.25, 0.3) is 0 Å². The molecule has 1 aliphatic rings. The standard InChI is InChI=1S/C11H19N3O2/c1-8(2)14-10(9(16-3)6-13-14)11(15)4-5-12-7-11/h6,8,12,15H,4-5,7H2,1-3H3. The van der Waals surface area contributed by atoms with Gasteiger partial charge in [0, 0.05) is 12.6 Å². The molecule has 1 atom stereocenters. The van der Waals surface area contributed by atoms with Crippen molar-refractivity contribution in [1.82, 2.24) is 15.1 Å². The summed E-state index contributed by atoms with van der Waals surface area (Å²) in [6.45, 7) is 5.47. The van der Waals surface area contributed by atoms with E-state index in [-0.39, 0.29) is 6.04 Å². The van der Waals surface area contributed by atoms with E-state index in [1.807, 2.05) is 18.5 Å². The quantitative estimate of drug-likeness (QED) is 0.793. The van der Waals surface area contributed by atoms with E-state index in [4.69, 9.17) is 4.74 Å². The summed E-state index contributed by atoms with van der Waals surface area (Å²) >= 11 is 0. The van der Waals surface area contributed by atoms with Crippen LogP contribution in [-0.2, 0) is 5.60 Å². The molecule has 1 unspecified atom stereocenters. The maximum Gasteiger partial charge on any atom is 0.163 e. The van der Waals surface area contributed by atoms with E-state index in [1.54, 1.807) is 13.3 Å². The molecule has 1 aliphatic heterocycles. The summed E-state index contributed by atoms with van der Waals surface area (Å²) in [5, 5.41) is 18.0. The summed E-state index contributed by atoms with van der Waals surface area (Å²) < 4.78 is 7.12. The van der Waals surface area contributed by atoms with Gasteiger partial charge in [0.15, 0.2) is 5.75 Å². The zero-order valence-corrected chi connectivity index (χ0v) is 10.0. The van der Waals surface area contributed by atoms with E-state index in [2.05, 4.69) is 10.4 Å². The number of methoxy groups -OCH3 is 1. The second-order valence-corrected chi connectivity index (χ2v) is 4.56. The van der Waals surface area contributed by atoms with Crippen LogP contribution in [0.15, 0.2) is 6.20 Å². The SMILES string of the molecule is COc1cnn(C(C)C)c1C1(O)CCNC1. The molecule has 0 bridgehead atoms. The van der Waals surface area contributed by atoms with Crippen molar-refractivity contribution >= 4 is 0 Å². The monoisotopic (exact) mass is 225 g/mol. The van der Waals surface area contributed by atoms with Crippen LogP contribution in [-0.4, -0.2) is 35.1 Å². The van der Waals surface area contributed by atoms with E-state index >= 15 is 0 Å². The number of nitrogens with zero attached hydrogens (tertiary/aromatic N) is 2. The summed E-state index contributed by atoms with van der Waals surface area (Å²) in [6, 6.07) is 0.212. The van der Waals surface area contributed by atoms with Gasteiger partial charge >= 0.3 is 0 Å². The smallest absolute Gasteiger partial charge is 0.163 e. The molecule has 0 saturated carbocycles. The molecular weight excluding hydrogens is 206 g/mol. The van der Waals surface area contributed by atoms with Crippen molar-refractivity contribution in [2.24, 2.45) is 0 Å². The van der Waals surface area contributed by atoms with E-state index in [0.29, 0.717) is 18.7 Å². The molecule has 1 fully saturated rings. The number of aromatic nitrogens is 2. The van der Waals surface area contributed by atoms with Crippen LogP contribution in [0, 0.1) is 0 Å². The Morgan fingerprint density at radius 2 is 2.38 bits per heavy atom. The predicted molar refractivity (Wildman–Crippen MR) is 60.5 cm³/mol. The predicted octanol–water partition coefficient (Wildman–Crippen LogP) is 0.654. The molecule has 1 aromatic rings. The number of hydrogen-bond donors (Lipinski definition) is 2. The minimum Gasteiger partial charge on any atom is -0.493 e. The molecule has 5 nitrogen and oxygen atoms in total. The van der Waals surface area contributed by atoms with Gasteiger partial charge in [-0.1, -0.05) is 0 Å². The third kappa shape index (κ3) is 1.70. The molecule has 0 aromatic carbocycles. The van der Waals surface area contributed by atoms with Crippen LogP contribution >= 0.6 is 0 Å². The van der Waals surface area contributed by atoms with Gasteiger partial charge < -0.3 is 15.2 Å². The normalized spacial score (nSPS) is 25.3. The Labute approximate surface area is 95.4 Å². The first-order chi connectivity index (χ1) is 7.58. The van der Waals surface area contributed by atoms with Gasteiger partial charge in [-0.15, -0.1) is 0 Å². The minimum absolute atomic E-state index is 0.212. The fourth-order valence-electron chi connectivity index (χ4n) is 2.21. The summed E-state index contributed by atoms with van der Waals surface area (Å²) in [6.07, 6.45) is 2.37. The van der Waals surface area contributed by atoms with Gasteiger partial charge in [-0.05, 0) is 26.8 Å². The molecule has 16 heavy (non-hydrogen) atoms. The Kier molecular flexibility index (Phi) is 2.90. The van der Waals surface area contributed by atoms with Gasteiger partial charge in [0.1, 0.15) is 11.3 Å². The minimum atomic E-state index is -0.855. The summed E-state index contributed by atoms with van der Waals surface area (Å²) in [5.41, 5.74) is -0.0680. The fraction of sp³-hybridized carbons (Fsp3) is 0.727. The number of aliphatic hydroxyl groups is 1. The average molecular weight is 225 g/mol. The second-order valence-electron chi connectivity index (χ2n) is 4.56. The molecule has 1 saturated heterocycles. The van der Waals surface area contributed by atoms with Crippen molar-refractivity contribution in [2.45, 2.75) is 31.9 Å². The van der Waals surface area contributed by atoms with Crippen LogP contribution in [0.1, 0.15) is 32.0 Å². The van der Waals surface area contributed by atoms with Crippen molar-refractivity contribution < 1.29 is 9.84 Å². The van der Waals surface area contributed by atoms with Crippen molar-refractivity contribution in [3.05, 3.63) is 11.9 Å². The lowest BCUT2D eigenvalue weighted by molar-refractivity contribution is 0.0450. The Morgan fingerprint density at radius 1 is 1.62 bits per heavy atom. The molecular formula is C11H19N3O2. The largest absolute Gasteiger partial charge is 0.493 e. The summed E-state index contributed by atoms with van der Waals surface area (Å²) in [4.78, 5) is 0. The van der Waals surface area contributed by atoms with E-state index in [9.17, 15) is 5.11 Å². The van der Waals surface area contributed by atoms with Crippen molar-refractivity contribution in [3.8, 4) is 5.75 Å². The van der Waals surface area contributed by atoms with Crippen LogP contribution < -0.4 is 10.1 Å². The molecule has 2 N–H and O–H groups in total. The first kappa shape index (κ1) is 11.4. The molecule has 2 rings (SSSR count). The van der Waals surface area contributed by atoms with Gasteiger partial charge in [-0.2, -0.15) is 5.10 Å². The average Bonchev–Trinajstić information content (AvgIpc) is 2.83. The van der Waals surface area contributed by atoms with Crippen LogP contribution in [0.25, 0.3) is 0 Å². The molecule has 0 aliphatic carbocycles. The van der Waals surface area contributed by atoms with Gasteiger partial charge in [0.05, 0.1) is 13.3 Å². The number of nitrogens with one attached hydrogen (secondary N) is 1. The maximum atomic E-state index is 10.6. The number of hydrogen-bond acceptors (Lipinski definition) is 4. The Morgan fingerprint density at radius 3 is 2.88 bits per heavy atom. The van der Waals surface area contributed by atoms with Crippen LogP contribution in [0.2, 0.25) is 0 Å². The Bertz CT molecular complexity index is 367. The molecule has 5 heteroatoms. The summed E-state index contributed by atoms with van der Waals surface area (Å²) in [7, 11) is 1.61. The number of rotatable bonds is 3. The first-order valence-electron chi connectivity index (χ1n) is 5.63. The van der Waals surface area contributed by atoms with Crippen LogP contribution in [0.5, 0.6) is 5.75 Å². The van der Waals surface area contributed by atoms with Crippen LogP contribution in [0.4, 0.5) is 0 Å². The molecule has 0 spiro atoms. The Hall–Kier alpha value is -1.07. The van der Waals surface area contributed by atoms with Crippen molar-refractivity contribution in [2.75, 3.05) is 20.2 Å². The zero-order valence-electron chi connectivity index (χ0n) is 10.0. The lowest BCUT2D eigenvalue weighted by Crippen LogP contribution is -2.32.